The molecule has 0 saturated heterocycles. The van der Waals surface area contributed by atoms with Crippen LogP contribution in [0.1, 0.15) is 17.3 Å². The first-order valence-corrected chi connectivity index (χ1v) is 8.14. The van der Waals surface area contributed by atoms with Crippen molar-refractivity contribution >= 4 is 33.5 Å². The lowest BCUT2D eigenvalue weighted by Crippen LogP contribution is -2.13. The molecule has 0 unspecified atom stereocenters. The number of benzene rings is 1. The maximum Gasteiger partial charge on any atom is 0.284 e. The standard InChI is InChI=1S/C15H11BrN2O3S/c1-9(13(19)10-4-6-11(16)7-5-10)22-15-18-17-14(21-15)12-3-2-8-20-12/h2-9H,1H3/t9-/m1/s1. The van der Waals surface area contributed by atoms with Gasteiger partial charge >= 0.3 is 0 Å². The zero-order valence-corrected chi connectivity index (χ0v) is 13.9. The van der Waals surface area contributed by atoms with E-state index < -0.39 is 0 Å². The summed E-state index contributed by atoms with van der Waals surface area (Å²) in [5.74, 6) is 0.817. The fourth-order valence-electron chi connectivity index (χ4n) is 1.81. The predicted molar refractivity (Wildman–Crippen MR) is 85.8 cm³/mol. The smallest absolute Gasteiger partial charge is 0.284 e. The summed E-state index contributed by atoms with van der Waals surface area (Å²) in [7, 11) is 0. The van der Waals surface area contributed by atoms with Crippen molar-refractivity contribution in [2.75, 3.05) is 0 Å². The van der Waals surface area contributed by atoms with E-state index in [2.05, 4.69) is 26.1 Å². The number of carbonyl (C=O) groups excluding carboxylic acids is 1. The fraction of sp³-hybridized carbons (Fsp3) is 0.133. The molecule has 0 N–H and O–H groups in total. The van der Waals surface area contributed by atoms with Gasteiger partial charge in [-0.1, -0.05) is 39.8 Å². The number of halogens is 1. The molecule has 22 heavy (non-hydrogen) atoms. The second-order valence-corrected chi connectivity index (χ2v) is 6.69. The zero-order valence-electron chi connectivity index (χ0n) is 11.5. The number of hydrogen-bond donors (Lipinski definition) is 0. The van der Waals surface area contributed by atoms with Crippen LogP contribution in [0.15, 0.2) is 61.2 Å². The quantitative estimate of drug-likeness (QED) is 0.482. The van der Waals surface area contributed by atoms with E-state index in [1.165, 1.54) is 18.0 Å². The Morgan fingerprint density at radius 3 is 2.68 bits per heavy atom. The molecule has 0 spiro atoms. The first-order valence-electron chi connectivity index (χ1n) is 6.47. The molecule has 3 aromatic rings. The molecule has 2 aromatic heterocycles. The molecule has 0 aliphatic rings. The van der Waals surface area contributed by atoms with Crippen LogP contribution in [0, 0.1) is 0 Å². The molecule has 1 aromatic carbocycles. The Kier molecular flexibility index (Phi) is 4.44. The highest BCUT2D eigenvalue weighted by Crippen LogP contribution is 2.28. The third kappa shape index (κ3) is 3.31. The lowest BCUT2D eigenvalue weighted by molar-refractivity contribution is 0.0993. The third-order valence-corrected chi connectivity index (χ3v) is 4.38. The number of nitrogens with zero attached hydrogens (tertiary/aromatic N) is 2. The van der Waals surface area contributed by atoms with Gasteiger partial charge in [-0.15, -0.1) is 10.2 Å². The molecular formula is C15H11BrN2O3S. The number of carbonyl (C=O) groups is 1. The number of thioether (sulfide) groups is 1. The minimum Gasteiger partial charge on any atom is -0.459 e. The van der Waals surface area contributed by atoms with Gasteiger partial charge in [0.2, 0.25) is 0 Å². The van der Waals surface area contributed by atoms with Crippen molar-refractivity contribution in [3.05, 3.63) is 52.7 Å². The number of hydrogen-bond acceptors (Lipinski definition) is 6. The molecule has 0 bridgehead atoms. The fourth-order valence-corrected chi connectivity index (χ4v) is 2.84. The Balaban J connectivity index is 1.70. The molecule has 0 radical (unpaired) electrons. The lowest BCUT2D eigenvalue weighted by atomic mass is 10.1. The van der Waals surface area contributed by atoms with Gasteiger partial charge in [-0.05, 0) is 31.2 Å². The van der Waals surface area contributed by atoms with Crippen molar-refractivity contribution < 1.29 is 13.6 Å². The Bertz CT molecular complexity index is 768. The second-order valence-electron chi connectivity index (χ2n) is 4.48. The van der Waals surface area contributed by atoms with Crippen LogP contribution < -0.4 is 0 Å². The summed E-state index contributed by atoms with van der Waals surface area (Å²) in [6, 6.07) is 10.7. The summed E-state index contributed by atoms with van der Waals surface area (Å²) >= 11 is 4.57. The first kappa shape index (κ1) is 15.1. The third-order valence-electron chi connectivity index (χ3n) is 2.91. The van der Waals surface area contributed by atoms with Gasteiger partial charge in [0.05, 0.1) is 11.5 Å². The van der Waals surface area contributed by atoms with Crippen LogP contribution in [0.2, 0.25) is 0 Å². The minimum atomic E-state index is -0.328. The van der Waals surface area contributed by atoms with Crippen LogP contribution in [-0.2, 0) is 0 Å². The number of ketones is 1. The molecule has 0 saturated carbocycles. The molecule has 0 aliphatic carbocycles. The van der Waals surface area contributed by atoms with Gasteiger partial charge in [-0.2, -0.15) is 0 Å². The average molecular weight is 379 g/mol. The van der Waals surface area contributed by atoms with Gasteiger partial charge in [-0.25, -0.2) is 0 Å². The van der Waals surface area contributed by atoms with Gasteiger partial charge in [0.1, 0.15) is 0 Å². The van der Waals surface area contributed by atoms with E-state index in [1.807, 2.05) is 19.1 Å². The van der Waals surface area contributed by atoms with Crippen molar-refractivity contribution in [2.45, 2.75) is 17.4 Å². The summed E-state index contributed by atoms with van der Waals surface area (Å²) in [4.78, 5) is 12.4. The van der Waals surface area contributed by atoms with Gasteiger partial charge < -0.3 is 8.83 Å². The molecule has 3 rings (SSSR count). The molecule has 7 heteroatoms. The number of furan rings is 1. The molecule has 2 heterocycles. The van der Waals surface area contributed by atoms with Crippen LogP contribution in [0.25, 0.3) is 11.7 Å². The maximum absolute atomic E-state index is 12.4. The van der Waals surface area contributed by atoms with Crippen LogP contribution in [0.5, 0.6) is 0 Å². The lowest BCUT2D eigenvalue weighted by Gasteiger charge is -2.07. The predicted octanol–water partition coefficient (Wildman–Crippen LogP) is 4.46. The summed E-state index contributed by atoms with van der Waals surface area (Å²) in [5, 5.41) is 7.85. The van der Waals surface area contributed by atoms with Crippen molar-refractivity contribution in [1.82, 2.24) is 10.2 Å². The molecule has 0 aliphatic heterocycles. The Hall–Kier alpha value is -1.86. The minimum absolute atomic E-state index is 0.00949. The van der Waals surface area contributed by atoms with E-state index in [0.717, 1.165) is 4.47 Å². The van der Waals surface area contributed by atoms with Crippen molar-refractivity contribution in [3.8, 4) is 11.7 Å². The van der Waals surface area contributed by atoms with Gasteiger partial charge in [0.25, 0.3) is 11.1 Å². The largest absolute Gasteiger partial charge is 0.459 e. The summed E-state index contributed by atoms with van der Waals surface area (Å²) in [5.41, 5.74) is 0.647. The van der Waals surface area contributed by atoms with Gasteiger partial charge in [-0.3, -0.25) is 4.79 Å². The van der Waals surface area contributed by atoms with Crippen LogP contribution in [-0.4, -0.2) is 21.2 Å². The highest BCUT2D eigenvalue weighted by atomic mass is 79.9. The van der Waals surface area contributed by atoms with E-state index >= 15 is 0 Å². The highest BCUT2D eigenvalue weighted by molar-refractivity contribution is 9.10. The van der Waals surface area contributed by atoms with Crippen molar-refractivity contribution in [1.29, 1.82) is 0 Å². The number of aromatic nitrogens is 2. The van der Waals surface area contributed by atoms with E-state index in [1.54, 1.807) is 24.3 Å². The monoisotopic (exact) mass is 378 g/mol. The van der Waals surface area contributed by atoms with Gasteiger partial charge in [0, 0.05) is 10.0 Å². The second kappa shape index (κ2) is 6.50. The van der Waals surface area contributed by atoms with E-state index in [4.69, 9.17) is 8.83 Å². The van der Waals surface area contributed by atoms with Crippen molar-refractivity contribution in [3.63, 3.8) is 0 Å². The first-order chi connectivity index (χ1) is 10.6. The SMILES string of the molecule is C[C@@H](Sc1nnc(-c2ccco2)o1)C(=O)c1ccc(Br)cc1. The normalized spacial score (nSPS) is 12.3. The maximum atomic E-state index is 12.4. The van der Waals surface area contributed by atoms with Crippen LogP contribution in [0.3, 0.4) is 0 Å². The topological polar surface area (TPSA) is 69.1 Å². The molecule has 1 atom stereocenters. The van der Waals surface area contributed by atoms with E-state index in [-0.39, 0.29) is 11.0 Å². The van der Waals surface area contributed by atoms with Crippen LogP contribution >= 0.6 is 27.7 Å². The molecular weight excluding hydrogens is 368 g/mol. The summed E-state index contributed by atoms with van der Waals surface area (Å²) < 4.78 is 11.6. The zero-order chi connectivity index (χ0) is 15.5. The molecule has 0 fully saturated rings. The highest BCUT2D eigenvalue weighted by Gasteiger charge is 2.20. The molecule has 5 nitrogen and oxygen atoms in total. The summed E-state index contributed by atoms with van der Waals surface area (Å²) in [6.07, 6.45) is 1.53. The van der Waals surface area contributed by atoms with Crippen molar-refractivity contribution in [2.24, 2.45) is 0 Å². The average Bonchev–Trinajstić information content (AvgIpc) is 3.18. The number of Topliss-reactive ketones (excluding diaryl/α,β-unsaturated/α-hetero) is 1. The summed E-state index contributed by atoms with van der Waals surface area (Å²) in [6.45, 7) is 1.81. The Labute approximate surface area is 139 Å². The van der Waals surface area contributed by atoms with E-state index in [9.17, 15) is 4.79 Å². The Morgan fingerprint density at radius 2 is 2.00 bits per heavy atom. The molecule has 0 amide bonds. The Morgan fingerprint density at radius 1 is 1.23 bits per heavy atom. The van der Waals surface area contributed by atoms with E-state index in [0.29, 0.717) is 22.4 Å². The number of rotatable bonds is 5. The van der Waals surface area contributed by atoms with Crippen LogP contribution in [0.4, 0.5) is 0 Å². The molecule has 112 valence electrons. The van der Waals surface area contributed by atoms with Gasteiger partial charge in [0.15, 0.2) is 11.5 Å².